The Labute approximate surface area is 123 Å². The highest BCUT2D eigenvalue weighted by atomic mass is 127. The molecule has 0 radical (unpaired) electrons. The summed E-state index contributed by atoms with van der Waals surface area (Å²) in [6.45, 7) is 0. The molecule has 0 saturated heterocycles. The predicted molar refractivity (Wildman–Crippen MR) is 80.1 cm³/mol. The topological polar surface area (TPSA) is 66.0 Å². The first-order chi connectivity index (χ1) is 9.19. The number of hydrogen-bond donors (Lipinski definition) is 1. The molecule has 5 heteroatoms. The number of nitriles is 1. The molecule has 0 spiro atoms. The minimum atomic E-state index is -0.458. The number of nitrogens with one attached hydrogen (secondary N) is 1. The predicted octanol–water partition coefficient (Wildman–Crippen LogP) is 3.43. The van der Waals surface area contributed by atoms with Crippen molar-refractivity contribution in [2.45, 2.75) is 0 Å². The molecule has 94 valence electrons. The molecule has 2 aromatic rings. The second kappa shape index (κ2) is 6.20. The lowest BCUT2D eigenvalue weighted by Crippen LogP contribution is -2.13. The van der Waals surface area contributed by atoms with Gasteiger partial charge in [0.2, 0.25) is 0 Å². The van der Waals surface area contributed by atoms with Crippen molar-refractivity contribution in [3.8, 4) is 6.07 Å². The summed E-state index contributed by atoms with van der Waals surface area (Å²) in [7, 11) is 0. The van der Waals surface area contributed by atoms with Crippen LogP contribution < -0.4 is 5.32 Å². The van der Waals surface area contributed by atoms with Crippen LogP contribution in [0.5, 0.6) is 0 Å². The van der Waals surface area contributed by atoms with Crippen LogP contribution in [0.4, 0.5) is 5.69 Å². The smallest absolute Gasteiger partial charge is 0.266 e. The molecule has 4 nitrogen and oxygen atoms in total. The van der Waals surface area contributed by atoms with Crippen molar-refractivity contribution in [1.29, 1.82) is 5.26 Å². The summed E-state index contributed by atoms with van der Waals surface area (Å²) in [5.74, 6) is 0.0178. The maximum atomic E-state index is 11.9. The lowest BCUT2D eigenvalue weighted by atomic mass is 10.2. The maximum absolute atomic E-state index is 11.9. The van der Waals surface area contributed by atoms with Gasteiger partial charge in [-0.2, -0.15) is 5.26 Å². The molecule has 1 aromatic heterocycles. The molecule has 0 bridgehead atoms. The Bertz CT molecular complexity index is 654. The molecule has 19 heavy (non-hydrogen) atoms. The number of rotatable bonds is 3. The monoisotopic (exact) mass is 364 g/mol. The zero-order valence-corrected chi connectivity index (χ0v) is 11.9. The van der Waals surface area contributed by atoms with Crippen LogP contribution in [0.1, 0.15) is 5.76 Å². The van der Waals surface area contributed by atoms with E-state index in [-0.39, 0.29) is 5.57 Å². The molecule has 0 aliphatic rings. The van der Waals surface area contributed by atoms with E-state index in [9.17, 15) is 4.79 Å². The molecular formula is C14H9IN2O2. The van der Waals surface area contributed by atoms with E-state index in [1.54, 1.807) is 36.4 Å². The molecule has 0 atom stereocenters. The van der Waals surface area contributed by atoms with Crippen molar-refractivity contribution in [3.05, 3.63) is 57.6 Å². The molecule has 2 rings (SSSR count). The molecule has 0 aliphatic heterocycles. The quantitative estimate of drug-likeness (QED) is 0.516. The van der Waals surface area contributed by atoms with Crippen molar-refractivity contribution in [3.63, 3.8) is 0 Å². The van der Waals surface area contributed by atoms with Crippen LogP contribution in [0.3, 0.4) is 0 Å². The zero-order chi connectivity index (χ0) is 13.7. The summed E-state index contributed by atoms with van der Waals surface area (Å²) in [5, 5.41) is 11.7. The number of carbonyl (C=O) groups excluding carboxylic acids is 1. The highest BCUT2D eigenvalue weighted by molar-refractivity contribution is 14.1. The zero-order valence-electron chi connectivity index (χ0n) is 9.76. The van der Waals surface area contributed by atoms with Gasteiger partial charge in [0.1, 0.15) is 17.4 Å². The third kappa shape index (κ3) is 3.69. The summed E-state index contributed by atoms with van der Waals surface area (Å²) in [6, 6.07) is 14.3. The second-order valence-corrected chi connectivity index (χ2v) is 4.70. The molecule has 0 unspecified atom stereocenters. The first-order valence-corrected chi connectivity index (χ1v) is 6.50. The highest BCUT2D eigenvalue weighted by Crippen LogP contribution is 2.14. The number of para-hydroxylation sites is 1. The number of nitrogens with zero attached hydrogens (tertiary/aromatic N) is 1. The Morgan fingerprint density at radius 3 is 2.58 bits per heavy atom. The fraction of sp³-hybridized carbons (Fsp3) is 0. The molecule has 0 aliphatic carbocycles. The minimum Gasteiger partial charge on any atom is -0.451 e. The standard InChI is InChI=1S/C14H9IN2O2/c15-13-7-6-12(19-13)8-10(9-16)14(18)17-11-4-2-1-3-5-11/h1-8H,(H,17,18)/b10-8+. The number of hydrogen-bond acceptors (Lipinski definition) is 3. The second-order valence-electron chi connectivity index (χ2n) is 3.63. The summed E-state index contributed by atoms with van der Waals surface area (Å²) in [5.41, 5.74) is 0.636. The van der Waals surface area contributed by atoms with E-state index in [1.807, 2.05) is 34.7 Å². The number of furan rings is 1. The average molecular weight is 364 g/mol. The van der Waals surface area contributed by atoms with Crippen molar-refractivity contribution in [2.24, 2.45) is 0 Å². The van der Waals surface area contributed by atoms with Crippen LogP contribution in [0.2, 0.25) is 0 Å². The largest absolute Gasteiger partial charge is 0.451 e. The van der Waals surface area contributed by atoms with E-state index in [2.05, 4.69) is 5.32 Å². The van der Waals surface area contributed by atoms with Gasteiger partial charge in [-0.1, -0.05) is 18.2 Å². The van der Waals surface area contributed by atoms with E-state index < -0.39 is 5.91 Å². The van der Waals surface area contributed by atoms with Crippen molar-refractivity contribution < 1.29 is 9.21 Å². The molecule has 1 amide bonds. The number of halogens is 1. The van der Waals surface area contributed by atoms with Gasteiger partial charge in [-0.05, 0) is 46.9 Å². The lowest BCUT2D eigenvalue weighted by molar-refractivity contribution is -0.112. The Balaban J connectivity index is 2.16. The molecule has 1 heterocycles. The lowest BCUT2D eigenvalue weighted by Gasteiger charge is -2.02. The van der Waals surface area contributed by atoms with Gasteiger partial charge < -0.3 is 9.73 Å². The normalized spacial score (nSPS) is 10.8. The van der Waals surface area contributed by atoms with E-state index in [4.69, 9.17) is 9.68 Å². The Morgan fingerprint density at radius 1 is 1.26 bits per heavy atom. The SMILES string of the molecule is N#C/C(=C\c1ccc(I)o1)C(=O)Nc1ccccc1. The van der Waals surface area contributed by atoms with Crippen LogP contribution >= 0.6 is 22.6 Å². The number of carbonyl (C=O) groups is 1. The highest BCUT2D eigenvalue weighted by Gasteiger charge is 2.10. The van der Waals surface area contributed by atoms with Crippen LogP contribution in [0, 0.1) is 15.1 Å². The summed E-state index contributed by atoms with van der Waals surface area (Å²) in [6.07, 6.45) is 1.42. The first kappa shape index (κ1) is 13.4. The number of amides is 1. The van der Waals surface area contributed by atoms with Gasteiger partial charge in [0.05, 0.1) is 0 Å². The fourth-order valence-corrected chi connectivity index (χ4v) is 1.85. The summed E-state index contributed by atoms with van der Waals surface area (Å²) < 4.78 is 5.99. The minimum absolute atomic E-state index is 0.00500. The van der Waals surface area contributed by atoms with Gasteiger partial charge in [0.25, 0.3) is 5.91 Å². The number of anilines is 1. The third-order valence-electron chi connectivity index (χ3n) is 2.28. The molecule has 0 saturated carbocycles. The maximum Gasteiger partial charge on any atom is 0.266 e. The van der Waals surface area contributed by atoms with E-state index in [0.717, 1.165) is 0 Å². The number of benzene rings is 1. The van der Waals surface area contributed by atoms with Crippen LogP contribution in [0.25, 0.3) is 6.08 Å². The van der Waals surface area contributed by atoms with E-state index in [0.29, 0.717) is 15.2 Å². The van der Waals surface area contributed by atoms with Crippen molar-refractivity contribution >= 4 is 40.3 Å². The fourth-order valence-electron chi connectivity index (χ4n) is 1.42. The molecule has 1 aromatic carbocycles. The summed E-state index contributed by atoms with van der Waals surface area (Å²) in [4.78, 5) is 11.9. The van der Waals surface area contributed by atoms with Gasteiger partial charge in [0.15, 0.2) is 3.77 Å². The van der Waals surface area contributed by atoms with Gasteiger partial charge in [-0.15, -0.1) is 0 Å². The van der Waals surface area contributed by atoms with Crippen molar-refractivity contribution in [2.75, 3.05) is 5.32 Å². The van der Waals surface area contributed by atoms with E-state index in [1.165, 1.54) is 6.08 Å². The molecular weight excluding hydrogens is 355 g/mol. The summed E-state index contributed by atoms with van der Waals surface area (Å²) >= 11 is 2.02. The van der Waals surface area contributed by atoms with Crippen LogP contribution in [-0.4, -0.2) is 5.91 Å². The Morgan fingerprint density at radius 2 is 2.00 bits per heavy atom. The Kier molecular flexibility index (Phi) is 4.36. The average Bonchev–Trinajstić information content (AvgIpc) is 2.82. The first-order valence-electron chi connectivity index (χ1n) is 5.42. The molecule has 0 fully saturated rings. The van der Waals surface area contributed by atoms with Gasteiger partial charge in [-0.3, -0.25) is 4.79 Å². The van der Waals surface area contributed by atoms with Crippen LogP contribution in [0.15, 0.2) is 52.5 Å². The van der Waals surface area contributed by atoms with Gasteiger partial charge in [0, 0.05) is 11.8 Å². The van der Waals surface area contributed by atoms with Gasteiger partial charge in [-0.25, -0.2) is 0 Å². The van der Waals surface area contributed by atoms with Crippen molar-refractivity contribution in [1.82, 2.24) is 0 Å². The molecule has 1 N–H and O–H groups in total. The third-order valence-corrected chi connectivity index (χ3v) is 2.86. The van der Waals surface area contributed by atoms with Gasteiger partial charge >= 0.3 is 0 Å². The van der Waals surface area contributed by atoms with E-state index >= 15 is 0 Å². The van der Waals surface area contributed by atoms with Crippen LogP contribution in [-0.2, 0) is 4.79 Å². The Hall–Kier alpha value is -2.07.